The molecule has 0 aromatic heterocycles. The topological polar surface area (TPSA) is 53.7 Å². The molecule has 0 spiro atoms. The van der Waals surface area contributed by atoms with Gasteiger partial charge in [0.1, 0.15) is 11.5 Å². The summed E-state index contributed by atoms with van der Waals surface area (Å²) in [5.74, 6) is 2.02. The quantitative estimate of drug-likeness (QED) is 0.789. The van der Waals surface area contributed by atoms with Gasteiger partial charge in [-0.25, -0.2) is 0 Å². The Kier molecular flexibility index (Phi) is 4.70. The molecule has 0 radical (unpaired) electrons. The lowest BCUT2D eigenvalue weighted by Crippen LogP contribution is -2.11. The van der Waals surface area contributed by atoms with Crippen molar-refractivity contribution in [1.29, 1.82) is 0 Å². The second-order valence-electron chi connectivity index (χ2n) is 4.59. The van der Waals surface area contributed by atoms with Crippen LogP contribution in [0.4, 0.5) is 5.69 Å². The van der Waals surface area contributed by atoms with Crippen LogP contribution in [0.1, 0.15) is 19.8 Å². The maximum atomic E-state index is 5.85. The van der Waals surface area contributed by atoms with Crippen LogP contribution in [0, 0.1) is 5.92 Å². The van der Waals surface area contributed by atoms with Gasteiger partial charge in [0, 0.05) is 18.6 Å². The number of anilines is 1. The largest absolute Gasteiger partial charge is 0.493 e. The Labute approximate surface area is 108 Å². The Morgan fingerprint density at radius 3 is 3.00 bits per heavy atom. The predicted molar refractivity (Wildman–Crippen MR) is 71.1 cm³/mol. The molecule has 1 aromatic rings. The fourth-order valence-corrected chi connectivity index (χ4v) is 1.87. The average Bonchev–Trinajstić information content (AvgIpc) is 2.89. The van der Waals surface area contributed by atoms with E-state index in [-0.39, 0.29) is 0 Å². The van der Waals surface area contributed by atoms with Crippen LogP contribution in [0.2, 0.25) is 0 Å². The standard InChI is InChI=1S/C14H21NO3/c1-2-6-17-14-8-12(3-4-13(14)15)18-10-11-5-7-16-9-11/h3-4,8,11H,2,5-7,9-10,15H2,1H3. The molecule has 1 saturated heterocycles. The van der Waals surface area contributed by atoms with E-state index in [1.54, 1.807) is 0 Å². The zero-order valence-electron chi connectivity index (χ0n) is 10.9. The molecule has 2 N–H and O–H groups in total. The first-order valence-electron chi connectivity index (χ1n) is 6.52. The van der Waals surface area contributed by atoms with Crippen molar-refractivity contribution >= 4 is 5.69 Å². The lowest BCUT2D eigenvalue weighted by Gasteiger charge is -2.13. The zero-order chi connectivity index (χ0) is 12.8. The molecule has 100 valence electrons. The minimum absolute atomic E-state index is 0.502. The summed E-state index contributed by atoms with van der Waals surface area (Å²) >= 11 is 0. The first-order chi connectivity index (χ1) is 8.79. The molecule has 1 aliphatic heterocycles. The number of hydrogen-bond donors (Lipinski definition) is 1. The molecule has 0 bridgehead atoms. The lowest BCUT2D eigenvalue weighted by molar-refractivity contribution is 0.167. The van der Waals surface area contributed by atoms with E-state index in [0.29, 0.717) is 30.6 Å². The van der Waals surface area contributed by atoms with Gasteiger partial charge in [0.15, 0.2) is 0 Å². The van der Waals surface area contributed by atoms with Crippen LogP contribution in [0.3, 0.4) is 0 Å². The molecule has 18 heavy (non-hydrogen) atoms. The van der Waals surface area contributed by atoms with Crippen LogP contribution >= 0.6 is 0 Å². The predicted octanol–water partition coefficient (Wildman–Crippen LogP) is 2.47. The smallest absolute Gasteiger partial charge is 0.145 e. The SMILES string of the molecule is CCCOc1cc(OCC2CCOC2)ccc1N. The molecule has 4 nitrogen and oxygen atoms in total. The van der Waals surface area contributed by atoms with Crippen molar-refractivity contribution in [3.05, 3.63) is 18.2 Å². The third-order valence-corrected chi connectivity index (χ3v) is 2.96. The Balaban J connectivity index is 1.91. The summed E-state index contributed by atoms with van der Waals surface area (Å²) in [6.45, 7) is 5.08. The van der Waals surface area contributed by atoms with Gasteiger partial charge in [0.05, 0.1) is 25.5 Å². The third kappa shape index (κ3) is 3.53. The van der Waals surface area contributed by atoms with Crippen LogP contribution in [0.5, 0.6) is 11.5 Å². The highest BCUT2D eigenvalue weighted by Gasteiger charge is 2.16. The molecular weight excluding hydrogens is 230 g/mol. The van der Waals surface area contributed by atoms with E-state index in [2.05, 4.69) is 6.92 Å². The summed E-state index contributed by atoms with van der Waals surface area (Å²) in [6, 6.07) is 5.57. The second-order valence-corrected chi connectivity index (χ2v) is 4.59. The fourth-order valence-electron chi connectivity index (χ4n) is 1.87. The van der Waals surface area contributed by atoms with Crippen molar-refractivity contribution in [2.75, 3.05) is 32.2 Å². The molecule has 1 atom stereocenters. The van der Waals surface area contributed by atoms with E-state index in [4.69, 9.17) is 19.9 Å². The third-order valence-electron chi connectivity index (χ3n) is 2.96. The van der Waals surface area contributed by atoms with Gasteiger partial charge >= 0.3 is 0 Å². The Bertz CT molecular complexity index is 375. The van der Waals surface area contributed by atoms with Crippen LogP contribution in [-0.4, -0.2) is 26.4 Å². The average molecular weight is 251 g/mol. The minimum atomic E-state index is 0.502. The van der Waals surface area contributed by atoms with Crippen molar-refractivity contribution in [3.63, 3.8) is 0 Å². The molecule has 1 fully saturated rings. The summed E-state index contributed by atoms with van der Waals surface area (Å²) < 4.78 is 16.6. The summed E-state index contributed by atoms with van der Waals surface area (Å²) in [4.78, 5) is 0. The molecule has 1 unspecified atom stereocenters. The first-order valence-corrected chi connectivity index (χ1v) is 6.52. The Morgan fingerprint density at radius 2 is 2.28 bits per heavy atom. The molecule has 1 heterocycles. The van der Waals surface area contributed by atoms with Gasteiger partial charge in [0.25, 0.3) is 0 Å². The van der Waals surface area contributed by atoms with E-state index in [0.717, 1.165) is 31.8 Å². The van der Waals surface area contributed by atoms with E-state index in [1.807, 2.05) is 18.2 Å². The molecule has 0 saturated carbocycles. The van der Waals surface area contributed by atoms with E-state index in [9.17, 15) is 0 Å². The minimum Gasteiger partial charge on any atom is -0.493 e. The number of hydrogen-bond acceptors (Lipinski definition) is 4. The van der Waals surface area contributed by atoms with Gasteiger partial charge in [-0.1, -0.05) is 6.92 Å². The Morgan fingerprint density at radius 1 is 1.39 bits per heavy atom. The Hall–Kier alpha value is -1.42. The number of rotatable bonds is 6. The number of benzene rings is 1. The highest BCUT2D eigenvalue weighted by molar-refractivity contribution is 5.55. The van der Waals surface area contributed by atoms with Gasteiger partial charge in [-0.15, -0.1) is 0 Å². The van der Waals surface area contributed by atoms with Crippen molar-refractivity contribution in [1.82, 2.24) is 0 Å². The van der Waals surface area contributed by atoms with E-state index < -0.39 is 0 Å². The summed E-state index contributed by atoms with van der Waals surface area (Å²) in [6.07, 6.45) is 2.04. The molecule has 1 aromatic carbocycles. The molecule has 0 amide bonds. The number of nitrogens with two attached hydrogens (primary N) is 1. The van der Waals surface area contributed by atoms with E-state index >= 15 is 0 Å². The summed E-state index contributed by atoms with van der Waals surface area (Å²) in [5, 5.41) is 0. The lowest BCUT2D eigenvalue weighted by atomic mass is 10.1. The molecule has 1 aliphatic rings. The molecular formula is C14H21NO3. The van der Waals surface area contributed by atoms with Crippen LogP contribution in [0.25, 0.3) is 0 Å². The number of ether oxygens (including phenoxy) is 3. The number of nitrogen functional groups attached to an aromatic ring is 1. The normalized spacial score (nSPS) is 18.8. The van der Waals surface area contributed by atoms with Gasteiger partial charge in [-0.05, 0) is 25.0 Å². The van der Waals surface area contributed by atoms with Crippen molar-refractivity contribution < 1.29 is 14.2 Å². The molecule has 0 aliphatic carbocycles. The van der Waals surface area contributed by atoms with Crippen LogP contribution in [-0.2, 0) is 4.74 Å². The maximum Gasteiger partial charge on any atom is 0.145 e. The summed E-state index contributed by atoms with van der Waals surface area (Å²) in [5.41, 5.74) is 6.50. The van der Waals surface area contributed by atoms with Crippen molar-refractivity contribution in [2.45, 2.75) is 19.8 Å². The van der Waals surface area contributed by atoms with Crippen LogP contribution in [0.15, 0.2) is 18.2 Å². The molecule has 2 rings (SSSR count). The van der Waals surface area contributed by atoms with Gasteiger partial charge in [-0.2, -0.15) is 0 Å². The first kappa shape index (κ1) is 13.0. The van der Waals surface area contributed by atoms with Crippen molar-refractivity contribution in [2.24, 2.45) is 5.92 Å². The molecule has 4 heteroatoms. The maximum absolute atomic E-state index is 5.85. The van der Waals surface area contributed by atoms with Crippen LogP contribution < -0.4 is 15.2 Å². The van der Waals surface area contributed by atoms with Gasteiger partial charge in [-0.3, -0.25) is 0 Å². The van der Waals surface area contributed by atoms with Crippen molar-refractivity contribution in [3.8, 4) is 11.5 Å². The zero-order valence-corrected chi connectivity index (χ0v) is 10.9. The van der Waals surface area contributed by atoms with Gasteiger partial charge in [0.2, 0.25) is 0 Å². The highest BCUT2D eigenvalue weighted by Crippen LogP contribution is 2.27. The fraction of sp³-hybridized carbons (Fsp3) is 0.571. The van der Waals surface area contributed by atoms with E-state index in [1.165, 1.54) is 0 Å². The highest BCUT2D eigenvalue weighted by atomic mass is 16.5. The summed E-state index contributed by atoms with van der Waals surface area (Å²) in [7, 11) is 0. The monoisotopic (exact) mass is 251 g/mol. The second kappa shape index (κ2) is 6.50. The van der Waals surface area contributed by atoms with Gasteiger partial charge < -0.3 is 19.9 Å².